The number of carbonyl (C=O) groups is 2. The highest BCUT2D eigenvalue weighted by Gasteiger charge is 2.12. The Morgan fingerprint density at radius 3 is 2.86 bits per heavy atom. The number of amides is 1. The van der Waals surface area contributed by atoms with Gasteiger partial charge in [0.15, 0.2) is 0 Å². The van der Waals surface area contributed by atoms with Crippen LogP contribution in [0.2, 0.25) is 0 Å². The molecule has 0 aromatic carbocycles. The SMILES string of the molecule is CCC(CCNC(=O)c1csc(CCN)n1)CCC(=O)O. The maximum absolute atomic E-state index is 11.9. The molecule has 1 rings (SSSR count). The zero-order valence-electron chi connectivity index (χ0n) is 12.3. The summed E-state index contributed by atoms with van der Waals surface area (Å²) in [6.07, 6.45) is 3.22. The van der Waals surface area contributed by atoms with Gasteiger partial charge in [-0.05, 0) is 25.3 Å². The number of nitrogens with two attached hydrogens (primary N) is 1. The molecule has 1 aromatic heterocycles. The van der Waals surface area contributed by atoms with Crippen molar-refractivity contribution in [2.24, 2.45) is 11.7 Å². The predicted octanol–water partition coefficient (Wildman–Crippen LogP) is 1.66. The molecule has 1 atom stereocenters. The van der Waals surface area contributed by atoms with Crippen LogP contribution in [0.25, 0.3) is 0 Å². The van der Waals surface area contributed by atoms with Crippen LogP contribution >= 0.6 is 11.3 Å². The molecule has 6 nitrogen and oxygen atoms in total. The first-order valence-electron chi connectivity index (χ1n) is 7.21. The minimum absolute atomic E-state index is 0.178. The maximum atomic E-state index is 11.9. The molecule has 0 saturated heterocycles. The second kappa shape index (κ2) is 9.46. The maximum Gasteiger partial charge on any atom is 0.303 e. The molecular weight excluding hydrogens is 290 g/mol. The molecule has 0 aliphatic rings. The summed E-state index contributed by atoms with van der Waals surface area (Å²) in [5, 5.41) is 14.1. The summed E-state index contributed by atoms with van der Waals surface area (Å²) >= 11 is 1.44. The topological polar surface area (TPSA) is 105 Å². The van der Waals surface area contributed by atoms with Crippen molar-refractivity contribution < 1.29 is 14.7 Å². The number of rotatable bonds is 10. The number of carboxylic acid groups (broad SMARTS) is 1. The molecule has 0 radical (unpaired) electrons. The normalized spacial score (nSPS) is 12.1. The van der Waals surface area contributed by atoms with Gasteiger partial charge in [-0.25, -0.2) is 4.98 Å². The van der Waals surface area contributed by atoms with E-state index in [-0.39, 0.29) is 12.3 Å². The summed E-state index contributed by atoms with van der Waals surface area (Å²) < 4.78 is 0. The second-order valence-corrected chi connectivity index (χ2v) is 5.86. The van der Waals surface area contributed by atoms with E-state index < -0.39 is 5.97 Å². The molecule has 0 spiro atoms. The lowest BCUT2D eigenvalue weighted by Gasteiger charge is -2.13. The highest BCUT2D eigenvalue weighted by Crippen LogP contribution is 2.15. The van der Waals surface area contributed by atoms with E-state index in [9.17, 15) is 9.59 Å². The molecule has 7 heteroatoms. The summed E-state index contributed by atoms with van der Waals surface area (Å²) in [6.45, 7) is 3.10. The molecule has 1 aromatic rings. The average molecular weight is 313 g/mol. The van der Waals surface area contributed by atoms with Crippen molar-refractivity contribution in [3.63, 3.8) is 0 Å². The largest absolute Gasteiger partial charge is 0.481 e. The van der Waals surface area contributed by atoms with Gasteiger partial charge in [0.05, 0.1) is 5.01 Å². The van der Waals surface area contributed by atoms with Crippen LogP contribution in [-0.4, -0.2) is 35.1 Å². The number of nitrogens with zero attached hydrogens (tertiary/aromatic N) is 1. The van der Waals surface area contributed by atoms with Crippen molar-refractivity contribution in [3.8, 4) is 0 Å². The molecule has 1 unspecified atom stereocenters. The first-order valence-corrected chi connectivity index (χ1v) is 8.09. The number of aromatic nitrogens is 1. The first-order chi connectivity index (χ1) is 10.1. The number of carboxylic acids is 1. The van der Waals surface area contributed by atoms with Crippen molar-refractivity contribution in [2.45, 2.75) is 39.0 Å². The van der Waals surface area contributed by atoms with E-state index in [1.54, 1.807) is 5.38 Å². The Morgan fingerprint density at radius 1 is 1.48 bits per heavy atom. The smallest absolute Gasteiger partial charge is 0.303 e. The van der Waals surface area contributed by atoms with Gasteiger partial charge in [-0.2, -0.15) is 0 Å². The van der Waals surface area contributed by atoms with Gasteiger partial charge in [0.1, 0.15) is 5.69 Å². The molecular formula is C14H23N3O3S. The number of carbonyl (C=O) groups excluding carboxylic acids is 1. The number of aliphatic carboxylic acids is 1. The Labute approximate surface area is 128 Å². The molecule has 0 bridgehead atoms. The van der Waals surface area contributed by atoms with E-state index in [4.69, 9.17) is 10.8 Å². The van der Waals surface area contributed by atoms with E-state index in [0.29, 0.717) is 37.5 Å². The number of hydrogen-bond donors (Lipinski definition) is 3. The van der Waals surface area contributed by atoms with E-state index in [1.807, 2.05) is 6.92 Å². The highest BCUT2D eigenvalue weighted by molar-refractivity contribution is 7.09. The Kier molecular flexibility index (Phi) is 7.92. The molecule has 0 fully saturated rings. The van der Waals surface area contributed by atoms with Gasteiger partial charge in [-0.3, -0.25) is 9.59 Å². The van der Waals surface area contributed by atoms with Crippen LogP contribution < -0.4 is 11.1 Å². The van der Waals surface area contributed by atoms with Crippen molar-refractivity contribution >= 4 is 23.2 Å². The summed E-state index contributed by atoms with van der Waals surface area (Å²) in [5.74, 6) is -0.625. The van der Waals surface area contributed by atoms with Crippen LogP contribution in [0.4, 0.5) is 0 Å². The van der Waals surface area contributed by atoms with Crippen molar-refractivity contribution in [1.82, 2.24) is 10.3 Å². The molecule has 1 amide bonds. The van der Waals surface area contributed by atoms with Gasteiger partial charge >= 0.3 is 5.97 Å². The minimum Gasteiger partial charge on any atom is -0.481 e. The van der Waals surface area contributed by atoms with E-state index in [1.165, 1.54) is 11.3 Å². The average Bonchev–Trinajstić information content (AvgIpc) is 2.91. The van der Waals surface area contributed by atoms with Gasteiger partial charge < -0.3 is 16.2 Å². The van der Waals surface area contributed by atoms with Crippen molar-refractivity contribution in [1.29, 1.82) is 0 Å². The number of nitrogens with one attached hydrogen (secondary N) is 1. The Morgan fingerprint density at radius 2 is 2.24 bits per heavy atom. The second-order valence-electron chi connectivity index (χ2n) is 4.92. The monoisotopic (exact) mass is 313 g/mol. The number of thiazole rings is 1. The van der Waals surface area contributed by atoms with Gasteiger partial charge in [-0.1, -0.05) is 13.3 Å². The lowest BCUT2D eigenvalue weighted by molar-refractivity contribution is -0.137. The fourth-order valence-corrected chi connectivity index (χ4v) is 2.81. The Bertz CT molecular complexity index is 462. The molecule has 4 N–H and O–H groups in total. The zero-order valence-corrected chi connectivity index (χ0v) is 13.1. The number of hydrogen-bond acceptors (Lipinski definition) is 5. The van der Waals surface area contributed by atoms with Crippen LogP contribution in [0.3, 0.4) is 0 Å². The summed E-state index contributed by atoms with van der Waals surface area (Å²) in [6, 6.07) is 0. The van der Waals surface area contributed by atoms with Gasteiger partial charge in [-0.15, -0.1) is 11.3 Å². The molecule has 0 aliphatic heterocycles. The van der Waals surface area contributed by atoms with Gasteiger partial charge in [0.25, 0.3) is 5.91 Å². The van der Waals surface area contributed by atoms with Crippen LogP contribution in [0.15, 0.2) is 5.38 Å². The van der Waals surface area contributed by atoms with E-state index >= 15 is 0 Å². The fourth-order valence-electron chi connectivity index (χ4n) is 2.01. The lowest BCUT2D eigenvalue weighted by atomic mass is 9.97. The van der Waals surface area contributed by atoms with E-state index in [2.05, 4.69) is 10.3 Å². The van der Waals surface area contributed by atoms with Gasteiger partial charge in [0, 0.05) is 24.8 Å². The summed E-state index contributed by atoms with van der Waals surface area (Å²) in [4.78, 5) is 26.7. The lowest BCUT2D eigenvalue weighted by Crippen LogP contribution is -2.26. The van der Waals surface area contributed by atoms with Crippen LogP contribution in [0, 0.1) is 5.92 Å². The Hall–Kier alpha value is -1.47. The molecule has 118 valence electrons. The predicted molar refractivity (Wildman–Crippen MR) is 82.5 cm³/mol. The van der Waals surface area contributed by atoms with Crippen LogP contribution in [0.5, 0.6) is 0 Å². The van der Waals surface area contributed by atoms with Crippen LogP contribution in [0.1, 0.15) is 48.1 Å². The molecule has 0 aliphatic carbocycles. The Balaban J connectivity index is 2.32. The highest BCUT2D eigenvalue weighted by atomic mass is 32.1. The standard InChI is InChI=1S/C14H23N3O3S/c1-2-10(3-4-13(18)19)6-8-16-14(20)11-9-21-12(17-11)5-7-15/h9-10H,2-8,15H2,1H3,(H,16,20)(H,18,19). The summed E-state index contributed by atoms with van der Waals surface area (Å²) in [5.41, 5.74) is 5.88. The third-order valence-corrected chi connectivity index (χ3v) is 4.23. The zero-order chi connectivity index (χ0) is 15.7. The van der Waals surface area contributed by atoms with E-state index in [0.717, 1.165) is 17.8 Å². The molecule has 21 heavy (non-hydrogen) atoms. The quantitative estimate of drug-likeness (QED) is 0.609. The first kappa shape index (κ1) is 17.6. The minimum atomic E-state index is -0.771. The van der Waals surface area contributed by atoms with Crippen molar-refractivity contribution in [3.05, 3.63) is 16.1 Å². The molecule has 0 saturated carbocycles. The molecule has 1 heterocycles. The third-order valence-electron chi connectivity index (χ3n) is 3.32. The van der Waals surface area contributed by atoms with Crippen LogP contribution in [-0.2, 0) is 11.2 Å². The fraction of sp³-hybridized carbons (Fsp3) is 0.643. The van der Waals surface area contributed by atoms with Gasteiger partial charge in [0.2, 0.25) is 0 Å². The summed E-state index contributed by atoms with van der Waals surface area (Å²) in [7, 11) is 0. The van der Waals surface area contributed by atoms with Crippen molar-refractivity contribution in [2.75, 3.05) is 13.1 Å². The third kappa shape index (κ3) is 6.68.